The normalized spacial score (nSPS) is 22.5. The van der Waals surface area contributed by atoms with Gasteiger partial charge in [-0.2, -0.15) is 0 Å². The van der Waals surface area contributed by atoms with E-state index in [4.69, 9.17) is 15.0 Å². The van der Waals surface area contributed by atoms with E-state index >= 15 is 0 Å². The zero-order valence-corrected chi connectivity index (χ0v) is 12.3. The average Bonchev–Trinajstić information content (AvgIpc) is 2.57. The van der Waals surface area contributed by atoms with Gasteiger partial charge in [0.1, 0.15) is 0 Å². The first-order valence-corrected chi connectivity index (χ1v) is 6.97. The first kappa shape index (κ1) is 14.6. The summed E-state index contributed by atoms with van der Waals surface area (Å²) in [5, 5.41) is 0. The van der Waals surface area contributed by atoms with Gasteiger partial charge in [0.15, 0.2) is 0 Å². The van der Waals surface area contributed by atoms with Crippen molar-refractivity contribution in [2.24, 2.45) is 5.73 Å². The lowest BCUT2D eigenvalue weighted by Gasteiger charge is -2.32. The molecule has 3 nitrogen and oxygen atoms in total. The summed E-state index contributed by atoms with van der Waals surface area (Å²) in [6.45, 7) is 8.21. The molecule has 1 aromatic carbocycles. The lowest BCUT2D eigenvalue weighted by molar-refractivity contribution is 0.00578. The van der Waals surface area contributed by atoms with Crippen LogP contribution in [0.2, 0.25) is 0 Å². The highest BCUT2D eigenvalue weighted by Crippen LogP contribution is 2.37. The number of hydrogen-bond acceptors (Lipinski definition) is 3. The number of rotatable bonds is 4. The minimum atomic E-state index is -0.311. The van der Waals surface area contributed by atoms with Crippen molar-refractivity contribution in [3.63, 3.8) is 0 Å². The molecule has 1 aromatic rings. The van der Waals surface area contributed by atoms with E-state index in [2.05, 4.69) is 52.0 Å². The number of aryl methyl sites for hydroxylation is 1. The Morgan fingerprint density at radius 3 is 2.11 bits per heavy atom. The summed E-state index contributed by atoms with van der Waals surface area (Å²) in [6.07, 6.45) is 1.81. The molecular weight excluding hydrogens is 237 g/mol. The molecule has 0 saturated carbocycles. The zero-order chi connectivity index (χ0) is 14.1. The van der Waals surface area contributed by atoms with Crippen LogP contribution in [0.4, 0.5) is 0 Å². The van der Waals surface area contributed by atoms with Crippen molar-refractivity contribution in [1.82, 2.24) is 0 Å². The van der Waals surface area contributed by atoms with E-state index in [1.54, 1.807) is 0 Å². The van der Waals surface area contributed by atoms with Crippen molar-refractivity contribution >= 4 is 7.12 Å². The van der Waals surface area contributed by atoms with Crippen molar-refractivity contribution in [1.29, 1.82) is 0 Å². The molecule has 0 amide bonds. The summed E-state index contributed by atoms with van der Waals surface area (Å²) >= 11 is 0. The maximum absolute atomic E-state index is 6.22. The fourth-order valence-electron chi connectivity index (χ4n) is 2.18. The lowest BCUT2D eigenvalue weighted by atomic mass is 9.76. The molecule has 4 heteroatoms. The summed E-state index contributed by atoms with van der Waals surface area (Å²) in [6, 6.07) is 10.4. The third-order valence-electron chi connectivity index (χ3n) is 4.23. The van der Waals surface area contributed by atoms with E-state index in [0.717, 1.165) is 12.8 Å². The quantitative estimate of drug-likeness (QED) is 0.847. The summed E-state index contributed by atoms with van der Waals surface area (Å²) in [5.41, 5.74) is 6.91. The summed E-state index contributed by atoms with van der Waals surface area (Å²) in [7, 11) is -0.311. The standard InChI is InChI=1S/C15H24BNO2/c1-14(2)15(3,4)19-16(18-14)13(17)11-10-12-8-6-5-7-9-12/h5-9,13H,10-11,17H2,1-4H3/t13-/m0/s1. The topological polar surface area (TPSA) is 44.5 Å². The summed E-state index contributed by atoms with van der Waals surface area (Å²) in [4.78, 5) is 0. The summed E-state index contributed by atoms with van der Waals surface area (Å²) in [5.74, 6) is -0.0961. The second kappa shape index (κ2) is 5.27. The summed E-state index contributed by atoms with van der Waals surface area (Å²) < 4.78 is 11.9. The number of benzene rings is 1. The average molecular weight is 261 g/mol. The Kier molecular flexibility index (Phi) is 4.04. The number of nitrogens with two attached hydrogens (primary N) is 1. The monoisotopic (exact) mass is 261 g/mol. The Hall–Kier alpha value is -0.835. The van der Waals surface area contributed by atoms with Gasteiger partial charge in [0, 0.05) is 5.94 Å². The lowest BCUT2D eigenvalue weighted by Crippen LogP contribution is -2.41. The van der Waals surface area contributed by atoms with Crippen molar-refractivity contribution in [3.05, 3.63) is 35.9 Å². The Morgan fingerprint density at radius 2 is 1.58 bits per heavy atom. The van der Waals surface area contributed by atoms with E-state index in [-0.39, 0.29) is 24.3 Å². The van der Waals surface area contributed by atoms with Crippen LogP contribution in [0.1, 0.15) is 39.7 Å². The predicted octanol–water partition coefficient (Wildman–Crippen LogP) is 2.58. The zero-order valence-electron chi connectivity index (χ0n) is 12.3. The van der Waals surface area contributed by atoms with Crippen LogP contribution in [0, 0.1) is 0 Å². The Morgan fingerprint density at radius 1 is 1.05 bits per heavy atom. The van der Waals surface area contributed by atoms with E-state index in [1.165, 1.54) is 5.56 Å². The Labute approximate surface area is 116 Å². The van der Waals surface area contributed by atoms with Crippen LogP contribution in [0.5, 0.6) is 0 Å². The molecular formula is C15H24BNO2. The van der Waals surface area contributed by atoms with E-state index in [9.17, 15) is 0 Å². The van der Waals surface area contributed by atoms with Gasteiger partial charge in [0.05, 0.1) is 11.2 Å². The fraction of sp³-hybridized carbons (Fsp3) is 0.600. The van der Waals surface area contributed by atoms with Crippen LogP contribution >= 0.6 is 0 Å². The molecule has 0 aromatic heterocycles. The smallest absolute Gasteiger partial charge is 0.402 e. The fourth-order valence-corrected chi connectivity index (χ4v) is 2.18. The minimum absolute atomic E-state index is 0.0961. The Bertz CT molecular complexity index is 403. The molecule has 2 rings (SSSR count). The second-order valence-corrected chi connectivity index (χ2v) is 6.31. The third-order valence-corrected chi connectivity index (χ3v) is 4.23. The largest absolute Gasteiger partial charge is 0.475 e. The minimum Gasteiger partial charge on any atom is -0.402 e. The van der Waals surface area contributed by atoms with Crippen LogP contribution in [-0.4, -0.2) is 24.3 Å². The highest BCUT2D eigenvalue weighted by Gasteiger charge is 2.52. The van der Waals surface area contributed by atoms with Gasteiger partial charge in [-0.1, -0.05) is 30.3 Å². The van der Waals surface area contributed by atoms with E-state index in [0.29, 0.717) is 0 Å². The van der Waals surface area contributed by atoms with Crippen LogP contribution in [-0.2, 0) is 15.7 Å². The molecule has 1 fully saturated rings. The molecule has 0 bridgehead atoms. The van der Waals surface area contributed by atoms with Crippen molar-refractivity contribution < 1.29 is 9.31 Å². The van der Waals surface area contributed by atoms with E-state index < -0.39 is 0 Å². The highest BCUT2D eigenvalue weighted by molar-refractivity contribution is 6.47. The molecule has 1 aliphatic heterocycles. The maximum atomic E-state index is 6.22. The number of hydrogen-bond donors (Lipinski definition) is 1. The third kappa shape index (κ3) is 3.19. The van der Waals surface area contributed by atoms with Crippen LogP contribution in [0.3, 0.4) is 0 Å². The van der Waals surface area contributed by atoms with Crippen molar-refractivity contribution in [2.45, 2.75) is 57.7 Å². The molecule has 1 atom stereocenters. The maximum Gasteiger partial charge on any atom is 0.475 e. The SMILES string of the molecule is CC1(C)OB([C@@H](N)CCc2ccccc2)OC1(C)C. The van der Waals surface area contributed by atoms with Gasteiger partial charge in [0.2, 0.25) is 0 Å². The molecule has 104 valence electrons. The van der Waals surface area contributed by atoms with Gasteiger partial charge in [-0.15, -0.1) is 0 Å². The molecule has 0 spiro atoms. The molecule has 2 N–H and O–H groups in total. The van der Waals surface area contributed by atoms with Gasteiger partial charge >= 0.3 is 7.12 Å². The van der Waals surface area contributed by atoms with Gasteiger partial charge in [-0.25, -0.2) is 0 Å². The van der Waals surface area contributed by atoms with Gasteiger partial charge < -0.3 is 15.0 Å². The predicted molar refractivity (Wildman–Crippen MR) is 78.8 cm³/mol. The molecule has 0 radical (unpaired) electrons. The van der Waals surface area contributed by atoms with Crippen LogP contribution < -0.4 is 5.73 Å². The molecule has 1 heterocycles. The molecule has 1 aliphatic rings. The van der Waals surface area contributed by atoms with E-state index in [1.807, 2.05) is 6.07 Å². The molecule has 1 saturated heterocycles. The first-order valence-electron chi connectivity index (χ1n) is 6.97. The van der Waals surface area contributed by atoms with Crippen LogP contribution in [0.15, 0.2) is 30.3 Å². The van der Waals surface area contributed by atoms with Gasteiger partial charge in [-0.3, -0.25) is 0 Å². The molecule has 19 heavy (non-hydrogen) atoms. The van der Waals surface area contributed by atoms with Crippen LogP contribution in [0.25, 0.3) is 0 Å². The highest BCUT2D eigenvalue weighted by atomic mass is 16.7. The Balaban J connectivity index is 1.90. The van der Waals surface area contributed by atoms with Crippen molar-refractivity contribution in [3.8, 4) is 0 Å². The van der Waals surface area contributed by atoms with Gasteiger partial charge in [-0.05, 0) is 46.1 Å². The second-order valence-electron chi connectivity index (χ2n) is 6.31. The molecule has 0 aliphatic carbocycles. The van der Waals surface area contributed by atoms with Crippen molar-refractivity contribution in [2.75, 3.05) is 0 Å². The first-order chi connectivity index (χ1) is 8.82. The molecule has 0 unspecified atom stereocenters. The van der Waals surface area contributed by atoms with Gasteiger partial charge in [0.25, 0.3) is 0 Å².